The van der Waals surface area contributed by atoms with Crippen LogP contribution in [-0.4, -0.2) is 51.8 Å². The Balaban J connectivity index is 1.33. The lowest BCUT2D eigenvalue weighted by atomic mass is 9.84. The highest BCUT2D eigenvalue weighted by Gasteiger charge is 2.55. The molecular weight excluding hydrogens is 466 g/mol. The van der Waals surface area contributed by atoms with E-state index in [-0.39, 0.29) is 17.0 Å². The Labute approximate surface area is 219 Å². The van der Waals surface area contributed by atoms with Gasteiger partial charge >= 0.3 is 6.09 Å². The van der Waals surface area contributed by atoms with Gasteiger partial charge in [-0.25, -0.2) is 9.78 Å². The first-order valence-electron chi connectivity index (χ1n) is 13.5. The second kappa shape index (κ2) is 9.03. The van der Waals surface area contributed by atoms with E-state index in [1.807, 2.05) is 34.7 Å². The Kier molecular flexibility index (Phi) is 6.23. The highest BCUT2D eigenvalue weighted by atomic mass is 16.6. The number of ether oxygens (including phenoxy) is 1. The van der Waals surface area contributed by atoms with Gasteiger partial charge in [0.1, 0.15) is 11.4 Å². The predicted octanol–water partition coefficient (Wildman–Crippen LogP) is 4.72. The van der Waals surface area contributed by atoms with Crippen molar-refractivity contribution in [1.82, 2.24) is 20.1 Å². The monoisotopic (exact) mass is 507 g/mol. The molecule has 5 rings (SSSR count). The van der Waals surface area contributed by atoms with Crippen LogP contribution < -0.4 is 15.5 Å². The standard InChI is InChI=1S/C28H41N7O2/c1-18-13-23(20(14-29)24(30-6)31-18)34-12-7-22-21(15-34)19(2)33-35(22)17-27-8-10-28(16-27,11-9-27)32-25(36)37-26(3,4)5/h13-14,29H,7-12,15-17H2,1-6H3,(H,30,31)(H,32,36). The zero-order valence-electron chi connectivity index (χ0n) is 23.1. The maximum absolute atomic E-state index is 12.5. The minimum Gasteiger partial charge on any atom is -0.444 e. The number of aromatic nitrogens is 3. The molecule has 2 saturated carbocycles. The van der Waals surface area contributed by atoms with Crippen LogP contribution in [0.5, 0.6) is 0 Å². The third kappa shape index (κ3) is 4.80. The van der Waals surface area contributed by atoms with Crippen molar-refractivity contribution in [2.24, 2.45) is 5.41 Å². The summed E-state index contributed by atoms with van der Waals surface area (Å²) in [6.07, 6.45) is 7.23. The minimum absolute atomic E-state index is 0.144. The third-order valence-corrected chi connectivity index (χ3v) is 8.45. The highest BCUT2D eigenvalue weighted by Crippen LogP contribution is 2.57. The van der Waals surface area contributed by atoms with Gasteiger partial charge in [-0.15, -0.1) is 0 Å². The predicted molar refractivity (Wildman–Crippen MR) is 146 cm³/mol. The number of fused-ring (bicyclic) bond motifs is 3. The Morgan fingerprint density at radius 2 is 1.97 bits per heavy atom. The lowest BCUT2D eigenvalue weighted by molar-refractivity contribution is 0.0458. The SMILES string of the molecule is CNc1nc(C)cc(N2CCc3c(c(C)nn3CC34CCC(NC(=O)OC(C)(C)C)(CC3)C4)C2)c1C=N. The van der Waals surface area contributed by atoms with Gasteiger partial charge in [0.25, 0.3) is 0 Å². The molecule has 3 aliphatic rings. The van der Waals surface area contributed by atoms with E-state index in [0.29, 0.717) is 0 Å². The number of carbonyl (C=O) groups excluding carboxylic acids is 1. The Morgan fingerprint density at radius 1 is 1.24 bits per heavy atom. The number of hydrogen-bond donors (Lipinski definition) is 3. The quantitative estimate of drug-likeness (QED) is 0.488. The molecule has 0 radical (unpaired) electrons. The molecule has 0 saturated heterocycles. The average Bonchev–Trinajstić information content (AvgIpc) is 3.46. The van der Waals surface area contributed by atoms with Crippen molar-refractivity contribution < 1.29 is 9.53 Å². The van der Waals surface area contributed by atoms with Crippen LogP contribution in [0.1, 0.15) is 81.1 Å². The molecule has 9 nitrogen and oxygen atoms in total. The molecule has 2 bridgehead atoms. The van der Waals surface area contributed by atoms with Crippen LogP contribution in [0.2, 0.25) is 0 Å². The van der Waals surface area contributed by atoms with E-state index >= 15 is 0 Å². The lowest BCUT2D eigenvalue weighted by Crippen LogP contribution is -2.47. The summed E-state index contributed by atoms with van der Waals surface area (Å²) in [6.45, 7) is 12.4. The number of rotatable bonds is 6. The molecule has 2 aromatic rings. The van der Waals surface area contributed by atoms with Crippen LogP contribution in [0, 0.1) is 24.7 Å². The zero-order valence-corrected chi connectivity index (χ0v) is 23.1. The molecule has 0 spiro atoms. The molecule has 0 unspecified atom stereocenters. The molecule has 3 N–H and O–H groups in total. The van der Waals surface area contributed by atoms with Gasteiger partial charge in [0.15, 0.2) is 0 Å². The van der Waals surface area contributed by atoms with Crippen LogP contribution in [0.15, 0.2) is 6.07 Å². The number of nitrogens with one attached hydrogen (secondary N) is 3. The van der Waals surface area contributed by atoms with E-state index < -0.39 is 5.60 Å². The number of alkyl carbamates (subject to hydrolysis) is 1. The molecular formula is C28H41N7O2. The van der Waals surface area contributed by atoms with E-state index in [2.05, 4.69) is 38.2 Å². The summed E-state index contributed by atoms with van der Waals surface area (Å²) in [6, 6.07) is 2.08. The van der Waals surface area contributed by atoms with E-state index in [1.165, 1.54) is 17.5 Å². The minimum atomic E-state index is -0.488. The van der Waals surface area contributed by atoms with Crippen LogP contribution in [0.4, 0.5) is 16.3 Å². The van der Waals surface area contributed by atoms with Crippen molar-refractivity contribution in [2.45, 2.75) is 97.4 Å². The fraction of sp³-hybridized carbons (Fsp3) is 0.643. The van der Waals surface area contributed by atoms with Crippen molar-refractivity contribution in [3.05, 3.63) is 34.3 Å². The number of nitrogens with zero attached hydrogens (tertiary/aromatic N) is 4. The topological polar surface area (TPSA) is 108 Å². The van der Waals surface area contributed by atoms with Crippen LogP contribution in [-0.2, 0) is 24.2 Å². The molecule has 0 atom stereocenters. The van der Waals surface area contributed by atoms with Crippen LogP contribution >= 0.6 is 0 Å². The number of aryl methyl sites for hydroxylation is 2. The first-order chi connectivity index (χ1) is 17.5. The first kappa shape index (κ1) is 25.5. The molecule has 0 aromatic carbocycles. The first-order valence-corrected chi connectivity index (χ1v) is 13.5. The van der Waals surface area contributed by atoms with Crippen molar-refractivity contribution in [3.63, 3.8) is 0 Å². The lowest BCUT2D eigenvalue weighted by Gasteiger charge is -2.32. The largest absolute Gasteiger partial charge is 0.444 e. The number of anilines is 2. The summed E-state index contributed by atoms with van der Waals surface area (Å²) >= 11 is 0. The molecule has 3 heterocycles. The van der Waals surface area contributed by atoms with Crippen molar-refractivity contribution in [2.75, 3.05) is 23.8 Å². The van der Waals surface area contributed by atoms with E-state index in [1.54, 1.807) is 0 Å². The molecule has 2 fully saturated rings. The smallest absolute Gasteiger partial charge is 0.408 e. The van der Waals surface area contributed by atoms with Gasteiger partial charge in [0, 0.05) is 61.8 Å². The summed E-state index contributed by atoms with van der Waals surface area (Å²) in [4.78, 5) is 19.5. The molecule has 1 aliphatic heterocycles. The van der Waals surface area contributed by atoms with Crippen LogP contribution in [0.25, 0.3) is 0 Å². The average molecular weight is 508 g/mol. The second-order valence-corrected chi connectivity index (χ2v) is 12.4. The van der Waals surface area contributed by atoms with Gasteiger partial charge in [-0.05, 0) is 78.2 Å². The maximum Gasteiger partial charge on any atom is 0.408 e. The molecule has 2 aromatic heterocycles. The second-order valence-electron chi connectivity index (χ2n) is 12.4. The number of carbonyl (C=O) groups is 1. The highest BCUT2D eigenvalue weighted by molar-refractivity contribution is 5.92. The van der Waals surface area contributed by atoms with Gasteiger partial charge in [-0.2, -0.15) is 5.10 Å². The van der Waals surface area contributed by atoms with Gasteiger partial charge in [-0.3, -0.25) is 4.68 Å². The normalized spacial score (nSPS) is 24.6. The van der Waals surface area contributed by atoms with E-state index in [9.17, 15) is 4.79 Å². The molecule has 200 valence electrons. The Bertz CT molecular complexity index is 1220. The van der Waals surface area contributed by atoms with Gasteiger partial charge in [0.2, 0.25) is 0 Å². The van der Waals surface area contributed by atoms with Gasteiger partial charge in [-0.1, -0.05) is 0 Å². The van der Waals surface area contributed by atoms with Crippen LogP contribution in [0.3, 0.4) is 0 Å². The van der Waals surface area contributed by atoms with Crippen molar-refractivity contribution >= 4 is 23.8 Å². The van der Waals surface area contributed by atoms with E-state index in [0.717, 1.165) is 86.6 Å². The Morgan fingerprint density at radius 3 is 2.62 bits per heavy atom. The third-order valence-electron chi connectivity index (χ3n) is 8.45. The summed E-state index contributed by atoms with van der Waals surface area (Å²) in [7, 11) is 1.85. The number of amides is 1. The fourth-order valence-corrected chi connectivity index (χ4v) is 6.81. The number of pyridine rings is 1. The summed E-state index contributed by atoms with van der Waals surface area (Å²) in [5.41, 5.74) is 6.08. The summed E-state index contributed by atoms with van der Waals surface area (Å²) < 4.78 is 7.83. The fourth-order valence-electron chi connectivity index (χ4n) is 6.81. The van der Waals surface area contributed by atoms with Crippen molar-refractivity contribution in [3.8, 4) is 0 Å². The maximum atomic E-state index is 12.5. The molecule has 1 amide bonds. The van der Waals surface area contributed by atoms with Gasteiger partial charge < -0.3 is 25.7 Å². The Hall–Kier alpha value is -3.10. The summed E-state index contributed by atoms with van der Waals surface area (Å²) in [5.74, 6) is 0.744. The number of hydrogen-bond acceptors (Lipinski definition) is 7. The zero-order chi connectivity index (χ0) is 26.6. The summed E-state index contributed by atoms with van der Waals surface area (Å²) in [5, 5.41) is 19.4. The van der Waals surface area contributed by atoms with Crippen molar-refractivity contribution in [1.29, 1.82) is 5.41 Å². The van der Waals surface area contributed by atoms with E-state index in [4.69, 9.17) is 15.2 Å². The van der Waals surface area contributed by atoms with Gasteiger partial charge in [0.05, 0.1) is 16.9 Å². The molecule has 2 aliphatic carbocycles. The molecule has 37 heavy (non-hydrogen) atoms. The molecule has 9 heteroatoms.